The lowest BCUT2D eigenvalue weighted by Crippen LogP contribution is -2.51. The molecular formula is C20H22N4O3. The van der Waals surface area contributed by atoms with Crippen LogP contribution in [0.2, 0.25) is 0 Å². The molecular weight excluding hydrogens is 344 g/mol. The number of amides is 1. The number of rotatable bonds is 3. The Balaban J connectivity index is 1.23. The molecule has 7 heteroatoms. The molecule has 0 saturated carbocycles. The maximum atomic E-state index is 12.7. The van der Waals surface area contributed by atoms with Gasteiger partial charge in [-0.15, -0.1) is 0 Å². The number of piperidine rings is 1. The van der Waals surface area contributed by atoms with Crippen molar-refractivity contribution in [3.05, 3.63) is 48.0 Å². The summed E-state index contributed by atoms with van der Waals surface area (Å²) in [6, 6.07) is 8.00. The van der Waals surface area contributed by atoms with Crippen LogP contribution >= 0.6 is 0 Å². The van der Waals surface area contributed by atoms with E-state index in [4.69, 9.17) is 9.47 Å². The molecule has 1 saturated heterocycles. The van der Waals surface area contributed by atoms with Crippen LogP contribution in [-0.2, 0) is 6.54 Å². The van der Waals surface area contributed by atoms with Gasteiger partial charge in [0.1, 0.15) is 24.7 Å². The van der Waals surface area contributed by atoms with Crippen LogP contribution in [-0.4, -0.2) is 64.1 Å². The molecule has 0 spiro atoms. The predicted octanol–water partition coefficient (Wildman–Crippen LogP) is 1.74. The van der Waals surface area contributed by atoms with Crippen molar-refractivity contribution in [2.75, 3.05) is 26.2 Å². The number of aromatic nitrogens is 2. The van der Waals surface area contributed by atoms with E-state index in [1.165, 1.54) is 6.33 Å². The third-order valence-corrected chi connectivity index (χ3v) is 5.54. The first kappa shape index (κ1) is 16.5. The highest BCUT2D eigenvalue weighted by molar-refractivity contribution is 5.96. The zero-order valence-electron chi connectivity index (χ0n) is 15.1. The van der Waals surface area contributed by atoms with Gasteiger partial charge in [0.05, 0.1) is 6.54 Å². The number of ether oxygens (including phenoxy) is 2. The van der Waals surface area contributed by atoms with Crippen LogP contribution in [0.1, 0.15) is 28.9 Å². The Labute approximate surface area is 157 Å². The molecule has 7 nitrogen and oxygen atoms in total. The van der Waals surface area contributed by atoms with Gasteiger partial charge in [-0.25, -0.2) is 9.97 Å². The summed E-state index contributed by atoms with van der Waals surface area (Å²) >= 11 is 0. The summed E-state index contributed by atoms with van der Waals surface area (Å²) in [6.07, 6.45) is 5.31. The maximum Gasteiger partial charge on any atom is 0.273 e. The Hall–Kier alpha value is -2.67. The molecule has 2 atom stereocenters. The molecule has 0 N–H and O–H groups in total. The van der Waals surface area contributed by atoms with E-state index in [2.05, 4.69) is 14.9 Å². The molecule has 1 fully saturated rings. The molecule has 2 unspecified atom stereocenters. The first-order valence-corrected chi connectivity index (χ1v) is 9.48. The van der Waals surface area contributed by atoms with Gasteiger partial charge in [-0.2, -0.15) is 0 Å². The second kappa shape index (κ2) is 6.81. The quantitative estimate of drug-likeness (QED) is 0.824. The molecule has 1 aromatic carbocycles. The summed E-state index contributed by atoms with van der Waals surface area (Å²) in [4.78, 5) is 25.3. The Kier molecular flexibility index (Phi) is 4.16. The number of fused-ring (bicyclic) bond motifs is 2. The molecule has 1 aromatic heterocycles. The number of para-hydroxylation sites is 2. The van der Waals surface area contributed by atoms with Gasteiger partial charge in [-0.1, -0.05) is 12.1 Å². The highest BCUT2D eigenvalue weighted by atomic mass is 16.6. The third-order valence-electron chi connectivity index (χ3n) is 5.54. The van der Waals surface area contributed by atoms with Crippen molar-refractivity contribution in [2.24, 2.45) is 0 Å². The van der Waals surface area contributed by atoms with E-state index >= 15 is 0 Å². The van der Waals surface area contributed by atoms with E-state index in [1.54, 1.807) is 6.20 Å². The van der Waals surface area contributed by atoms with Crippen molar-refractivity contribution in [3.63, 3.8) is 0 Å². The highest BCUT2D eigenvalue weighted by Crippen LogP contribution is 2.32. The molecule has 27 heavy (non-hydrogen) atoms. The molecule has 5 rings (SSSR count). The van der Waals surface area contributed by atoms with Gasteiger partial charge >= 0.3 is 0 Å². The van der Waals surface area contributed by atoms with Crippen molar-refractivity contribution < 1.29 is 14.3 Å². The topological polar surface area (TPSA) is 67.8 Å². The molecule has 0 aliphatic carbocycles. The molecule has 3 aliphatic rings. The van der Waals surface area contributed by atoms with Crippen molar-refractivity contribution in [1.82, 2.24) is 19.8 Å². The van der Waals surface area contributed by atoms with Crippen molar-refractivity contribution in [3.8, 4) is 11.5 Å². The monoisotopic (exact) mass is 366 g/mol. The van der Waals surface area contributed by atoms with E-state index in [9.17, 15) is 4.79 Å². The van der Waals surface area contributed by atoms with Gasteiger partial charge < -0.3 is 14.4 Å². The lowest BCUT2D eigenvalue weighted by molar-refractivity contribution is 0.0305. The van der Waals surface area contributed by atoms with E-state index < -0.39 is 0 Å². The maximum absolute atomic E-state index is 12.7. The van der Waals surface area contributed by atoms with Crippen LogP contribution in [0.3, 0.4) is 0 Å². The fourth-order valence-corrected chi connectivity index (χ4v) is 4.25. The summed E-state index contributed by atoms with van der Waals surface area (Å²) in [5, 5.41) is 0. The number of carbonyl (C=O) groups excluding carboxylic acids is 1. The van der Waals surface area contributed by atoms with Crippen LogP contribution < -0.4 is 9.47 Å². The summed E-state index contributed by atoms with van der Waals surface area (Å²) < 4.78 is 11.9. The third kappa shape index (κ3) is 3.12. The second-order valence-electron chi connectivity index (χ2n) is 7.38. The number of likely N-dealkylation sites (tertiary alicyclic amines) is 1. The SMILES string of the molecule is O=C1c2ncncc2CN1C1CCCN(CC2COc3ccccc3O2)C1. The number of nitrogens with zero attached hydrogens (tertiary/aromatic N) is 4. The predicted molar refractivity (Wildman–Crippen MR) is 97.7 cm³/mol. The van der Waals surface area contributed by atoms with Gasteiger partial charge in [-0.3, -0.25) is 9.69 Å². The van der Waals surface area contributed by atoms with E-state index in [1.807, 2.05) is 29.2 Å². The fourth-order valence-electron chi connectivity index (χ4n) is 4.25. The van der Waals surface area contributed by atoms with E-state index in [0.717, 1.165) is 49.5 Å². The largest absolute Gasteiger partial charge is 0.486 e. The first-order valence-electron chi connectivity index (χ1n) is 9.48. The normalized spacial score (nSPS) is 24.7. The smallest absolute Gasteiger partial charge is 0.273 e. The molecule has 2 aromatic rings. The van der Waals surface area contributed by atoms with Crippen molar-refractivity contribution in [1.29, 1.82) is 0 Å². The van der Waals surface area contributed by atoms with Crippen LogP contribution in [0.5, 0.6) is 11.5 Å². The van der Waals surface area contributed by atoms with Gasteiger partial charge in [-0.05, 0) is 31.5 Å². The first-order chi connectivity index (χ1) is 13.3. The number of carbonyl (C=O) groups is 1. The fraction of sp³-hybridized carbons (Fsp3) is 0.450. The molecule has 0 radical (unpaired) electrons. The minimum Gasteiger partial charge on any atom is -0.486 e. The summed E-state index contributed by atoms with van der Waals surface area (Å²) in [7, 11) is 0. The van der Waals surface area contributed by atoms with Gasteiger partial charge in [0.2, 0.25) is 0 Å². The van der Waals surface area contributed by atoms with Crippen LogP contribution in [0, 0.1) is 0 Å². The molecule has 0 bridgehead atoms. The molecule has 1 amide bonds. The number of benzene rings is 1. The molecule has 4 heterocycles. The van der Waals surface area contributed by atoms with Crippen molar-refractivity contribution in [2.45, 2.75) is 31.5 Å². The van der Waals surface area contributed by atoms with Crippen LogP contribution in [0.25, 0.3) is 0 Å². The summed E-state index contributed by atoms with van der Waals surface area (Å²) in [5.74, 6) is 1.66. The zero-order valence-corrected chi connectivity index (χ0v) is 15.1. The zero-order chi connectivity index (χ0) is 18.2. The van der Waals surface area contributed by atoms with Gasteiger partial charge in [0.15, 0.2) is 11.5 Å². The molecule has 3 aliphatic heterocycles. The van der Waals surface area contributed by atoms with E-state index in [0.29, 0.717) is 18.8 Å². The average molecular weight is 366 g/mol. The van der Waals surface area contributed by atoms with Gasteiger partial charge in [0.25, 0.3) is 5.91 Å². The average Bonchev–Trinajstić information content (AvgIpc) is 3.05. The second-order valence-corrected chi connectivity index (χ2v) is 7.38. The van der Waals surface area contributed by atoms with Crippen LogP contribution in [0.15, 0.2) is 36.8 Å². The summed E-state index contributed by atoms with van der Waals surface area (Å²) in [6.45, 7) is 3.85. The Bertz CT molecular complexity index is 859. The number of hydrogen-bond acceptors (Lipinski definition) is 6. The Morgan fingerprint density at radius 2 is 2.11 bits per heavy atom. The lowest BCUT2D eigenvalue weighted by Gasteiger charge is -2.39. The Morgan fingerprint density at radius 1 is 1.22 bits per heavy atom. The van der Waals surface area contributed by atoms with Gasteiger partial charge in [0, 0.05) is 30.9 Å². The van der Waals surface area contributed by atoms with Crippen molar-refractivity contribution >= 4 is 5.91 Å². The summed E-state index contributed by atoms with van der Waals surface area (Å²) in [5.41, 5.74) is 1.49. The number of hydrogen-bond donors (Lipinski definition) is 0. The van der Waals surface area contributed by atoms with E-state index in [-0.39, 0.29) is 18.1 Å². The lowest BCUT2D eigenvalue weighted by atomic mass is 10.0. The molecule has 140 valence electrons. The minimum atomic E-state index is 0.0102. The standard InChI is InChI=1S/C20H22N4O3/c25-20-19-14(8-21-13-22-19)9-24(20)15-4-3-7-23(10-15)11-16-12-26-17-5-1-2-6-18(17)27-16/h1-2,5-6,8,13,15-16H,3-4,7,9-12H2. The Morgan fingerprint density at radius 3 is 3.00 bits per heavy atom. The minimum absolute atomic E-state index is 0.0102. The highest BCUT2D eigenvalue weighted by Gasteiger charge is 2.36. The van der Waals surface area contributed by atoms with Crippen LogP contribution in [0.4, 0.5) is 0 Å².